The molecule has 0 amide bonds. The van der Waals surface area contributed by atoms with Crippen molar-refractivity contribution < 1.29 is 15.3 Å². The molecule has 3 rings (SSSR count). The highest BCUT2D eigenvalue weighted by atomic mass is 16.3. The maximum absolute atomic E-state index is 9.83. The van der Waals surface area contributed by atoms with Crippen molar-refractivity contribution in [1.82, 2.24) is 0 Å². The van der Waals surface area contributed by atoms with E-state index in [9.17, 15) is 10.2 Å². The Hall–Kier alpha value is -2.20. The number of para-hydroxylation sites is 1. The number of aliphatic hydroxyl groups excluding tert-OH is 1. The van der Waals surface area contributed by atoms with E-state index in [2.05, 4.69) is 11.4 Å². The standard InChI is InChI=1S/C14H13NO2.CH4O/c16-10-5-6-11(14(17)8-10)13-7-9-3-1-2-4-12(9)15-13;1-2/h1-6,8,13,15-17H,7H2;2H,1H3. The third-order valence-electron chi connectivity index (χ3n) is 3.16. The lowest BCUT2D eigenvalue weighted by atomic mass is 10.0. The third-order valence-corrected chi connectivity index (χ3v) is 3.16. The second-order valence-corrected chi connectivity index (χ2v) is 4.30. The number of fused-ring (bicyclic) bond motifs is 1. The Bertz CT molecular complexity index is 544. The monoisotopic (exact) mass is 259 g/mol. The maximum Gasteiger partial charge on any atom is 0.124 e. The Kier molecular flexibility index (Phi) is 3.92. The Labute approximate surface area is 112 Å². The Morgan fingerprint density at radius 3 is 2.47 bits per heavy atom. The Morgan fingerprint density at radius 1 is 1.05 bits per heavy atom. The van der Waals surface area contributed by atoms with E-state index in [4.69, 9.17) is 5.11 Å². The average molecular weight is 259 g/mol. The number of hydrogen-bond acceptors (Lipinski definition) is 4. The van der Waals surface area contributed by atoms with Gasteiger partial charge in [0.05, 0.1) is 6.04 Å². The normalized spacial score (nSPS) is 16.0. The third kappa shape index (κ3) is 2.63. The average Bonchev–Trinajstić information content (AvgIpc) is 2.84. The molecule has 4 N–H and O–H groups in total. The van der Waals surface area contributed by atoms with Crippen molar-refractivity contribution in [3.05, 3.63) is 53.6 Å². The van der Waals surface area contributed by atoms with Crippen molar-refractivity contribution in [2.75, 3.05) is 12.4 Å². The van der Waals surface area contributed by atoms with Crippen LogP contribution in [0.15, 0.2) is 42.5 Å². The molecule has 2 aromatic rings. The zero-order chi connectivity index (χ0) is 13.8. The Balaban J connectivity index is 0.000000637. The number of phenols is 2. The molecule has 0 bridgehead atoms. The van der Waals surface area contributed by atoms with E-state index in [1.54, 1.807) is 12.1 Å². The molecule has 0 saturated heterocycles. The van der Waals surface area contributed by atoms with Crippen LogP contribution in [0, 0.1) is 0 Å². The first-order valence-electron chi connectivity index (χ1n) is 6.05. The van der Waals surface area contributed by atoms with Gasteiger partial charge in [-0.3, -0.25) is 0 Å². The molecule has 0 radical (unpaired) electrons. The van der Waals surface area contributed by atoms with E-state index in [1.807, 2.05) is 18.2 Å². The van der Waals surface area contributed by atoms with Crippen LogP contribution in [0.25, 0.3) is 0 Å². The molecule has 0 fully saturated rings. The van der Waals surface area contributed by atoms with Crippen LogP contribution in [-0.4, -0.2) is 22.4 Å². The molecule has 0 saturated carbocycles. The molecule has 1 atom stereocenters. The first kappa shape index (κ1) is 13.2. The minimum atomic E-state index is 0.0769. The summed E-state index contributed by atoms with van der Waals surface area (Å²) >= 11 is 0. The van der Waals surface area contributed by atoms with Crippen molar-refractivity contribution in [3.63, 3.8) is 0 Å². The van der Waals surface area contributed by atoms with Gasteiger partial charge in [-0.25, -0.2) is 0 Å². The SMILES string of the molecule is CO.Oc1ccc(C2Cc3ccccc3N2)c(O)c1. The molecule has 0 aromatic heterocycles. The van der Waals surface area contributed by atoms with Crippen LogP contribution in [0.4, 0.5) is 5.69 Å². The van der Waals surface area contributed by atoms with Crippen LogP contribution in [-0.2, 0) is 6.42 Å². The number of phenolic OH excluding ortho intramolecular Hbond substituents is 2. The number of nitrogens with one attached hydrogen (secondary N) is 1. The highest BCUT2D eigenvalue weighted by molar-refractivity contribution is 5.59. The summed E-state index contributed by atoms with van der Waals surface area (Å²) in [5.41, 5.74) is 3.19. The molecule has 0 aliphatic carbocycles. The number of aliphatic hydroxyl groups is 1. The van der Waals surface area contributed by atoms with Gasteiger partial charge in [-0.2, -0.15) is 0 Å². The Morgan fingerprint density at radius 2 is 1.79 bits per heavy atom. The number of aromatic hydroxyl groups is 2. The van der Waals surface area contributed by atoms with Gasteiger partial charge >= 0.3 is 0 Å². The number of rotatable bonds is 1. The summed E-state index contributed by atoms with van der Waals surface area (Å²) in [7, 11) is 1.00. The summed E-state index contributed by atoms with van der Waals surface area (Å²) in [5, 5.41) is 29.5. The summed E-state index contributed by atoms with van der Waals surface area (Å²) in [5.74, 6) is 0.220. The fourth-order valence-corrected chi connectivity index (χ4v) is 2.31. The minimum Gasteiger partial charge on any atom is -0.508 e. The number of hydrogen-bond donors (Lipinski definition) is 4. The first-order valence-corrected chi connectivity index (χ1v) is 6.05. The molecular weight excluding hydrogens is 242 g/mol. The molecule has 1 unspecified atom stereocenters. The van der Waals surface area contributed by atoms with Crippen LogP contribution in [0.5, 0.6) is 11.5 Å². The second kappa shape index (κ2) is 5.63. The van der Waals surface area contributed by atoms with Crippen LogP contribution >= 0.6 is 0 Å². The summed E-state index contributed by atoms with van der Waals surface area (Å²) < 4.78 is 0. The van der Waals surface area contributed by atoms with Gasteiger partial charge in [-0.05, 0) is 30.2 Å². The van der Waals surface area contributed by atoms with E-state index in [-0.39, 0.29) is 17.5 Å². The lowest BCUT2D eigenvalue weighted by Crippen LogP contribution is -2.05. The van der Waals surface area contributed by atoms with Crippen LogP contribution in [0.2, 0.25) is 0 Å². The van der Waals surface area contributed by atoms with Crippen molar-refractivity contribution in [2.24, 2.45) is 0 Å². The molecule has 4 heteroatoms. The van der Waals surface area contributed by atoms with Gasteiger partial charge in [0.15, 0.2) is 0 Å². The molecule has 0 spiro atoms. The summed E-state index contributed by atoms with van der Waals surface area (Å²) in [4.78, 5) is 0. The van der Waals surface area contributed by atoms with Gasteiger partial charge in [-0.1, -0.05) is 18.2 Å². The molecular formula is C15H17NO3. The predicted molar refractivity (Wildman–Crippen MR) is 74.4 cm³/mol. The highest BCUT2D eigenvalue weighted by Gasteiger charge is 2.23. The zero-order valence-electron chi connectivity index (χ0n) is 10.7. The number of anilines is 1. The molecule has 19 heavy (non-hydrogen) atoms. The van der Waals surface area contributed by atoms with Gasteiger partial charge in [-0.15, -0.1) is 0 Å². The summed E-state index contributed by atoms with van der Waals surface area (Å²) in [6.07, 6.45) is 0.856. The van der Waals surface area contributed by atoms with E-state index in [0.29, 0.717) is 0 Å². The minimum absolute atomic E-state index is 0.0769. The lowest BCUT2D eigenvalue weighted by Gasteiger charge is -2.13. The van der Waals surface area contributed by atoms with Gasteiger partial charge in [0.1, 0.15) is 11.5 Å². The smallest absolute Gasteiger partial charge is 0.124 e. The summed E-state index contributed by atoms with van der Waals surface area (Å²) in [6, 6.07) is 12.9. The fourth-order valence-electron chi connectivity index (χ4n) is 2.31. The molecule has 1 heterocycles. The fraction of sp³-hybridized carbons (Fsp3) is 0.200. The molecule has 2 aromatic carbocycles. The van der Waals surface area contributed by atoms with Crippen molar-refractivity contribution in [1.29, 1.82) is 0 Å². The van der Waals surface area contributed by atoms with E-state index >= 15 is 0 Å². The van der Waals surface area contributed by atoms with Crippen molar-refractivity contribution in [2.45, 2.75) is 12.5 Å². The lowest BCUT2D eigenvalue weighted by molar-refractivity contribution is 0.399. The topological polar surface area (TPSA) is 72.7 Å². The van der Waals surface area contributed by atoms with E-state index < -0.39 is 0 Å². The van der Waals surface area contributed by atoms with Crippen molar-refractivity contribution in [3.8, 4) is 11.5 Å². The summed E-state index contributed by atoms with van der Waals surface area (Å²) in [6.45, 7) is 0. The highest BCUT2D eigenvalue weighted by Crippen LogP contribution is 2.38. The van der Waals surface area contributed by atoms with Crippen LogP contribution in [0.3, 0.4) is 0 Å². The maximum atomic E-state index is 9.83. The van der Waals surface area contributed by atoms with Gasteiger partial charge in [0.2, 0.25) is 0 Å². The van der Waals surface area contributed by atoms with Crippen LogP contribution < -0.4 is 5.32 Å². The van der Waals surface area contributed by atoms with Crippen LogP contribution in [0.1, 0.15) is 17.2 Å². The van der Waals surface area contributed by atoms with Gasteiger partial charge in [0.25, 0.3) is 0 Å². The molecule has 1 aliphatic heterocycles. The van der Waals surface area contributed by atoms with Crippen molar-refractivity contribution >= 4 is 5.69 Å². The largest absolute Gasteiger partial charge is 0.508 e. The number of benzene rings is 2. The molecule has 1 aliphatic rings. The van der Waals surface area contributed by atoms with E-state index in [1.165, 1.54) is 11.6 Å². The van der Waals surface area contributed by atoms with Gasteiger partial charge in [0, 0.05) is 24.4 Å². The zero-order valence-corrected chi connectivity index (χ0v) is 10.7. The second-order valence-electron chi connectivity index (χ2n) is 4.30. The van der Waals surface area contributed by atoms with Gasteiger partial charge < -0.3 is 20.6 Å². The predicted octanol–water partition coefficient (Wildman–Crippen LogP) is 2.42. The quantitative estimate of drug-likeness (QED) is 0.634. The van der Waals surface area contributed by atoms with E-state index in [0.717, 1.165) is 24.8 Å². The first-order chi connectivity index (χ1) is 9.24. The molecule has 100 valence electrons. The molecule has 4 nitrogen and oxygen atoms in total.